The maximum atomic E-state index is 8.99. The quantitative estimate of drug-likeness (QED) is 0.270. The molecular weight excluding hydrogens is 460 g/mol. The summed E-state index contributed by atoms with van der Waals surface area (Å²) in [5, 5.41) is 20.6. The van der Waals surface area contributed by atoms with Crippen LogP contribution in [0.15, 0.2) is 102 Å². The monoisotopic (exact) mass is 486 g/mol. The molecule has 0 radical (unpaired) electrons. The van der Waals surface area contributed by atoms with Crippen LogP contribution in [0.3, 0.4) is 0 Å². The molecular formula is C36H26N2. The molecule has 2 aliphatic carbocycles. The summed E-state index contributed by atoms with van der Waals surface area (Å²) in [5.74, 6) is 0. The van der Waals surface area contributed by atoms with Gasteiger partial charge in [-0.05, 0) is 111 Å². The first-order valence-electron chi connectivity index (χ1n) is 13.1. The summed E-state index contributed by atoms with van der Waals surface area (Å²) in [4.78, 5) is 0. The van der Waals surface area contributed by atoms with E-state index < -0.39 is 0 Å². The number of hydrogen-bond donors (Lipinski definition) is 0. The van der Waals surface area contributed by atoms with Crippen molar-refractivity contribution >= 4 is 34.6 Å². The molecule has 38 heavy (non-hydrogen) atoms. The molecule has 0 heterocycles. The third kappa shape index (κ3) is 4.73. The standard InChI is InChI=1S/C36H26N2/c37-23-29-9-3-25(4-10-29)1-7-27-13-17-33-31(21-27)15-19-36-34-18-14-28(22-32(34)16-20-35(33)36)8-2-26-5-11-30(24-38)12-6-26/h1-13,15,17,19,21-22H,14,16,18,20H2/b7-1+,8-2+. The van der Waals surface area contributed by atoms with Crippen LogP contribution < -0.4 is 0 Å². The molecule has 0 bridgehead atoms. The second kappa shape index (κ2) is 10.2. The largest absolute Gasteiger partial charge is 0.192 e. The Morgan fingerprint density at radius 2 is 1.21 bits per heavy atom. The fourth-order valence-corrected chi connectivity index (χ4v) is 5.54. The number of aryl methyl sites for hydroxylation is 1. The highest BCUT2D eigenvalue weighted by Crippen LogP contribution is 2.42. The highest BCUT2D eigenvalue weighted by molar-refractivity contribution is 5.94. The van der Waals surface area contributed by atoms with E-state index in [1.54, 1.807) is 0 Å². The second-order valence-corrected chi connectivity index (χ2v) is 9.93. The Morgan fingerprint density at radius 1 is 0.579 bits per heavy atom. The SMILES string of the molecule is N#Cc1ccc(/C=C/C2=CC3=C(CC2)c2ccc4cc(/C=C/c5ccc(C#N)cc5)ccc4c2CC3)cc1. The molecule has 0 aliphatic heterocycles. The Bertz CT molecular complexity index is 1750. The van der Waals surface area contributed by atoms with Crippen LogP contribution in [0.25, 0.3) is 34.6 Å². The molecule has 2 heteroatoms. The summed E-state index contributed by atoms with van der Waals surface area (Å²) in [5.41, 5.74) is 12.0. The van der Waals surface area contributed by atoms with Crippen LogP contribution in [0.1, 0.15) is 58.2 Å². The van der Waals surface area contributed by atoms with E-state index in [1.807, 2.05) is 48.5 Å². The molecule has 2 aliphatic rings. The van der Waals surface area contributed by atoms with Gasteiger partial charge in [-0.25, -0.2) is 0 Å². The molecule has 0 atom stereocenters. The lowest BCUT2D eigenvalue weighted by Crippen LogP contribution is -2.08. The van der Waals surface area contributed by atoms with Crippen LogP contribution in [-0.2, 0) is 6.42 Å². The lowest BCUT2D eigenvalue weighted by atomic mass is 9.77. The highest BCUT2D eigenvalue weighted by atomic mass is 14.3. The summed E-state index contributed by atoms with van der Waals surface area (Å²) < 4.78 is 0. The zero-order valence-electron chi connectivity index (χ0n) is 21.1. The summed E-state index contributed by atoms with van der Waals surface area (Å²) in [6, 6.07) is 31.1. The molecule has 0 saturated carbocycles. The Balaban J connectivity index is 1.24. The molecule has 0 unspecified atom stereocenters. The van der Waals surface area contributed by atoms with E-state index in [9.17, 15) is 0 Å². The third-order valence-electron chi connectivity index (χ3n) is 7.57. The predicted octanol–water partition coefficient (Wildman–Crippen LogP) is 8.89. The van der Waals surface area contributed by atoms with Crippen LogP contribution in [0.2, 0.25) is 0 Å². The van der Waals surface area contributed by atoms with Crippen molar-refractivity contribution in [2.75, 3.05) is 0 Å². The van der Waals surface area contributed by atoms with Gasteiger partial charge >= 0.3 is 0 Å². The second-order valence-electron chi connectivity index (χ2n) is 9.93. The molecule has 4 aromatic rings. The Morgan fingerprint density at radius 3 is 1.89 bits per heavy atom. The lowest BCUT2D eigenvalue weighted by molar-refractivity contribution is 0.890. The number of benzene rings is 4. The van der Waals surface area contributed by atoms with Crippen molar-refractivity contribution in [1.29, 1.82) is 10.5 Å². The van der Waals surface area contributed by atoms with E-state index in [2.05, 4.69) is 72.9 Å². The van der Waals surface area contributed by atoms with Crippen molar-refractivity contribution < 1.29 is 0 Å². The van der Waals surface area contributed by atoms with E-state index in [0.29, 0.717) is 11.1 Å². The molecule has 0 amide bonds. The molecule has 180 valence electrons. The molecule has 0 spiro atoms. The smallest absolute Gasteiger partial charge is 0.0991 e. The van der Waals surface area contributed by atoms with Crippen LogP contribution >= 0.6 is 0 Å². The number of rotatable bonds is 4. The van der Waals surface area contributed by atoms with Gasteiger partial charge in [-0.15, -0.1) is 0 Å². The van der Waals surface area contributed by atoms with Gasteiger partial charge < -0.3 is 0 Å². The van der Waals surface area contributed by atoms with Gasteiger partial charge in [0, 0.05) is 0 Å². The number of nitrogens with zero attached hydrogens (tertiary/aromatic N) is 2. The fourth-order valence-electron chi connectivity index (χ4n) is 5.54. The van der Waals surface area contributed by atoms with E-state index in [1.165, 1.54) is 44.2 Å². The van der Waals surface area contributed by atoms with Gasteiger partial charge in [-0.3, -0.25) is 0 Å². The van der Waals surface area contributed by atoms with Crippen LogP contribution in [0.4, 0.5) is 0 Å². The van der Waals surface area contributed by atoms with Crippen LogP contribution in [0.5, 0.6) is 0 Å². The van der Waals surface area contributed by atoms with Crippen molar-refractivity contribution in [3.63, 3.8) is 0 Å². The van der Waals surface area contributed by atoms with E-state index in [4.69, 9.17) is 10.5 Å². The molecule has 0 saturated heterocycles. The lowest BCUT2D eigenvalue weighted by Gasteiger charge is -2.27. The Hall–Kier alpha value is -4.92. The van der Waals surface area contributed by atoms with Gasteiger partial charge in [-0.1, -0.05) is 78.9 Å². The summed E-state index contributed by atoms with van der Waals surface area (Å²) in [7, 11) is 0. The first kappa shape index (κ1) is 23.5. The molecule has 0 N–H and O–H groups in total. The minimum Gasteiger partial charge on any atom is -0.192 e. The molecule has 6 rings (SSSR count). The van der Waals surface area contributed by atoms with E-state index in [0.717, 1.165) is 36.8 Å². The zero-order valence-corrected chi connectivity index (χ0v) is 21.1. The minimum atomic E-state index is 0.681. The van der Waals surface area contributed by atoms with Gasteiger partial charge in [-0.2, -0.15) is 10.5 Å². The third-order valence-corrected chi connectivity index (χ3v) is 7.57. The first-order chi connectivity index (χ1) is 18.7. The molecule has 4 aromatic carbocycles. The summed E-state index contributed by atoms with van der Waals surface area (Å²) in [6.45, 7) is 0. The number of nitriles is 2. The van der Waals surface area contributed by atoms with Crippen LogP contribution in [0, 0.1) is 22.7 Å². The van der Waals surface area contributed by atoms with Gasteiger partial charge in [0.25, 0.3) is 0 Å². The number of allylic oxidation sites excluding steroid dienone is 5. The van der Waals surface area contributed by atoms with Gasteiger partial charge in [0.15, 0.2) is 0 Å². The van der Waals surface area contributed by atoms with Gasteiger partial charge in [0.05, 0.1) is 23.3 Å². The fraction of sp³-hybridized carbons (Fsp3) is 0.111. The van der Waals surface area contributed by atoms with Crippen molar-refractivity contribution in [1.82, 2.24) is 0 Å². The molecule has 2 nitrogen and oxygen atoms in total. The average Bonchev–Trinajstić information content (AvgIpc) is 2.98. The number of hydrogen-bond acceptors (Lipinski definition) is 2. The van der Waals surface area contributed by atoms with E-state index in [-0.39, 0.29) is 0 Å². The zero-order chi connectivity index (χ0) is 25.9. The Kier molecular flexibility index (Phi) is 6.31. The maximum Gasteiger partial charge on any atom is 0.0991 e. The van der Waals surface area contributed by atoms with E-state index >= 15 is 0 Å². The first-order valence-corrected chi connectivity index (χ1v) is 13.1. The maximum absolute atomic E-state index is 8.99. The van der Waals surface area contributed by atoms with Crippen molar-refractivity contribution in [2.45, 2.75) is 25.7 Å². The highest BCUT2D eigenvalue weighted by Gasteiger charge is 2.22. The average molecular weight is 487 g/mol. The van der Waals surface area contributed by atoms with Gasteiger partial charge in [0.1, 0.15) is 0 Å². The van der Waals surface area contributed by atoms with Crippen LogP contribution in [-0.4, -0.2) is 0 Å². The number of fused-ring (bicyclic) bond motifs is 4. The molecule has 0 aromatic heterocycles. The minimum absolute atomic E-state index is 0.681. The van der Waals surface area contributed by atoms with Crippen molar-refractivity contribution in [2.24, 2.45) is 0 Å². The normalized spacial score (nSPS) is 14.7. The summed E-state index contributed by atoms with van der Waals surface area (Å²) in [6.07, 6.45) is 15.3. The molecule has 0 fully saturated rings. The summed E-state index contributed by atoms with van der Waals surface area (Å²) >= 11 is 0. The van der Waals surface area contributed by atoms with Gasteiger partial charge in [0.2, 0.25) is 0 Å². The Labute approximate surface area is 223 Å². The predicted molar refractivity (Wildman–Crippen MR) is 157 cm³/mol. The van der Waals surface area contributed by atoms with Crippen molar-refractivity contribution in [3.05, 3.63) is 141 Å². The van der Waals surface area contributed by atoms with Crippen molar-refractivity contribution in [3.8, 4) is 12.1 Å². The topological polar surface area (TPSA) is 47.6 Å².